The number of rotatable bonds is 5. The molecule has 132 valence electrons. The summed E-state index contributed by atoms with van der Waals surface area (Å²) in [7, 11) is 0. The van der Waals surface area contributed by atoms with Crippen LogP contribution < -0.4 is 10.6 Å². The monoisotopic (exact) mass is 339 g/mol. The van der Waals surface area contributed by atoms with Crippen LogP contribution in [-0.2, 0) is 19.4 Å². The minimum atomic E-state index is -0.214. The molecule has 2 aliphatic rings. The molecule has 1 saturated carbocycles. The van der Waals surface area contributed by atoms with Crippen LogP contribution in [0.1, 0.15) is 55.5 Å². The first-order chi connectivity index (χ1) is 12.2. The molecule has 0 radical (unpaired) electrons. The van der Waals surface area contributed by atoms with Crippen LogP contribution in [0.4, 0.5) is 10.5 Å². The minimum absolute atomic E-state index is 0.214. The second-order valence-electron chi connectivity index (χ2n) is 7.20. The lowest BCUT2D eigenvalue weighted by Gasteiger charge is -2.18. The SMILES string of the molecule is CC(C1CC1)n1cc(NC(=O)NCc2nccc3c2CCCC3)cn1. The number of hydrogen-bond acceptors (Lipinski definition) is 3. The van der Waals surface area contributed by atoms with E-state index in [2.05, 4.69) is 33.7 Å². The fraction of sp³-hybridized carbons (Fsp3) is 0.526. The van der Waals surface area contributed by atoms with Gasteiger partial charge in [-0.3, -0.25) is 9.67 Å². The molecule has 1 fully saturated rings. The quantitative estimate of drug-likeness (QED) is 0.876. The van der Waals surface area contributed by atoms with Crippen LogP contribution in [-0.4, -0.2) is 20.8 Å². The van der Waals surface area contributed by atoms with Gasteiger partial charge in [-0.05, 0) is 68.6 Å². The summed E-state index contributed by atoms with van der Waals surface area (Å²) < 4.78 is 1.95. The summed E-state index contributed by atoms with van der Waals surface area (Å²) in [6.07, 6.45) is 12.7. The number of amides is 2. The van der Waals surface area contributed by atoms with Gasteiger partial charge in [0.1, 0.15) is 0 Å². The molecule has 0 aliphatic heterocycles. The third kappa shape index (κ3) is 3.67. The van der Waals surface area contributed by atoms with E-state index in [1.54, 1.807) is 6.20 Å². The van der Waals surface area contributed by atoms with Crippen molar-refractivity contribution >= 4 is 11.7 Å². The van der Waals surface area contributed by atoms with Crippen LogP contribution in [0.15, 0.2) is 24.7 Å². The zero-order valence-electron chi connectivity index (χ0n) is 14.7. The number of pyridine rings is 1. The third-order valence-corrected chi connectivity index (χ3v) is 5.36. The Morgan fingerprint density at radius 3 is 3.04 bits per heavy atom. The molecule has 0 bridgehead atoms. The fourth-order valence-corrected chi connectivity index (χ4v) is 3.65. The fourth-order valence-electron chi connectivity index (χ4n) is 3.65. The molecule has 2 aromatic rings. The summed E-state index contributed by atoms with van der Waals surface area (Å²) in [5, 5.41) is 10.2. The summed E-state index contributed by atoms with van der Waals surface area (Å²) in [4.78, 5) is 16.7. The Balaban J connectivity index is 1.34. The molecule has 2 aliphatic carbocycles. The highest BCUT2D eigenvalue weighted by Crippen LogP contribution is 2.39. The van der Waals surface area contributed by atoms with Crippen molar-refractivity contribution in [2.45, 2.75) is 58.0 Å². The molecule has 2 amide bonds. The van der Waals surface area contributed by atoms with Crippen LogP contribution in [0.5, 0.6) is 0 Å². The lowest BCUT2D eigenvalue weighted by molar-refractivity contribution is 0.251. The number of nitrogens with zero attached hydrogens (tertiary/aromatic N) is 3. The topological polar surface area (TPSA) is 71.8 Å². The van der Waals surface area contributed by atoms with Gasteiger partial charge in [0.2, 0.25) is 0 Å². The molecule has 2 N–H and O–H groups in total. The lowest BCUT2D eigenvalue weighted by atomic mass is 9.91. The average molecular weight is 339 g/mol. The van der Waals surface area contributed by atoms with Crippen molar-refractivity contribution in [3.05, 3.63) is 41.5 Å². The van der Waals surface area contributed by atoms with E-state index in [0.717, 1.165) is 30.1 Å². The van der Waals surface area contributed by atoms with Gasteiger partial charge in [-0.2, -0.15) is 5.10 Å². The minimum Gasteiger partial charge on any atom is -0.332 e. The maximum atomic E-state index is 12.2. The molecule has 6 nitrogen and oxygen atoms in total. The second-order valence-corrected chi connectivity index (χ2v) is 7.20. The predicted octanol–water partition coefficient (Wildman–Crippen LogP) is 3.45. The summed E-state index contributed by atoms with van der Waals surface area (Å²) in [6.45, 7) is 2.64. The molecule has 0 saturated heterocycles. The zero-order chi connectivity index (χ0) is 17.2. The van der Waals surface area contributed by atoms with Crippen molar-refractivity contribution in [3.8, 4) is 0 Å². The number of nitrogens with one attached hydrogen (secondary N) is 2. The smallest absolute Gasteiger partial charge is 0.319 e. The Bertz CT molecular complexity index is 765. The van der Waals surface area contributed by atoms with Crippen LogP contribution in [0.2, 0.25) is 0 Å². The van der Waals surface area contributed by atoms with Gasteiger partial charge in [-0.15, -0.1) is 0 Å². The number of carbonyl (C=O) groups is 1. The number of fused-ring (bicyclic) bond motifs is 1. The number of urea groups is 1. The Hall–Kier alpha value is -2.37. The summed E-state index contributed by atoms with van der Waals surface area (Å²) in [5.74, 6) is 0.733. The summed E-state index contributed by atoms with van der Waals surface area (Å²) >= 11 is 0. The van der Waals surface area contributed by atoms with Crippen LogP contribution >= 0.6 is 0 Å². The van der Waals surface area contributed by atoms with Crippen LogP contribution in [0.25, 0.3) is 0 Å². The highest BCUT2D eigenvalue weighted by atomic mass is 16.2. The summed E-state index contributed by atoms with van der Waals surface area (Å²) in [5.41, 5.74) is 4.42. The molecule has 6 heteroatoms. The molecular formula is C19H25N5O. The highest BCUT2D eigenvalue weighted by molar-refractivity contribution is 5.88. The molecule has 2 aromatic heterocycles. The molecule has 2 heterocycles. The normalized spacial score (nSPS) is 17.6. The maximum absolute atomic E-state index is 12.2. The van der Waals surface area contributed by atoms with Gasteiger partial charge in [0.05, 0.1) is 30.2 Å². The number of aromatic nitrogens is 3. The Labute approximate surface area is 148 Å². The molecule has 0 aromatic carbocycles. The van der Waals surface area contributed by atoms with Crippen LogP contribution in [0, 0.1) is 5.92 Å². The van der Waals surface area contributed by atoms with Gasteiger partial charge in [0, 0.05) is 12.4 Å². The van der Waals surface area contributed by atoms with Crippen molar-refractivity contribution in [1.29, 1.82) is 0 Å². The average Bonchev–Trinajstić information content (AvgIpc) is 3.39. The molecule has 4 rings (SSSR count). The van der Waals surface area contributed by atoms with E-state index >= 15 is 0 Å². The van der Waals surface area contributed by atoms with E-state index in [1.807, 2.05) is 17.1 Å². The summed E-state index contributed by atoms with van der Waals surface area (Å²) in [6, 6.07) is 2.29. The van der Waals surface area contributed by atoms with E-state index in [1.165, 1.54) is 36.8 Å². The second kappa shape index (κ2) is 6.86. The number of hydrogen-bond donors (Lipinski definition) is 2. The van der Waals surface area contributed by atoms with Crippen molar-refractivity contribution in [1.82, 2.24) is 20.1 Å². The Morgan fingerprint density at radius 1 is 1.36 bits per heavy atom. The number of anilines is 1. The number of carbonyl (C=O) groups excluding carboxylic acids is 1. The van der Waals surface area contributed by atoms with E-state index in [-0.39, 0.29) is 6.03 Å². The van der Waals surface area contributed by atoms with Gasteiger partial charge >= 0.3 is 6.03 Å². The molecular weight excluding hydrogens is 314 g/mol. The first kappa shape index (κ1) is 16.1. The van der Waals surface area contributed by atoms with Crippen molar-refractivity contribution < 1.29 is 4.79 Å². The Morgan fingerprint density at radius 2 is 2.20 bits per heavy atom. The third-order valence-electron chi connectivity index (χ3n) is 5.36. The molecule has 1 unspecified atom stereocenters. The highest BCUT2D eigenvalue weighted by Gasteiger charge is 2.29. The zero-order valence-corrected chi connectivity index (χ0v) is 14.7. The Kier molecular flexibility index (Phi) is 4.42. The van der Waals surface area contributed by atoms with Gasteiger partial charge in [-0.25, -0.2) is 4.79 Å². The van der Waals surface area contributed by atoms with Gasteiger partial charge < -0.3 is 10.6 Å². The van der Waals surface area contributed by atoms with Crippen molar-refractivity contribution in [2.75, 3.05) is 5.32 Å². The molecule has 1 atom stereocenters. The van der Waals surface area contributed by atoms with Gasteiger partial charge in [0.15, 0.2) is 0 Å². The van der Waals surface area contributed by atoms with Gasteiger partial charge in [0.25, 0.3) is 0 Å². The van der Waals surface area contributed by atoms with E-state index in [4.69, 9.17) is 0 Å². The number of aryl methyl sites for hydroxylation is 1. The first-order valence-corrected chi connectivity index (χ1v) is 9.25. The standard InChI is InChI=1S/C19H25N5O/c1-13(14-6-7-14)24-12-16(10-22-24)23-19(25)21-11-18-17-5-3-2-4-15(17)8-9-20-18/h8-10,12-14H,2-7,11H2,1H3,(H2,21,23,25). The molecule has 0 spiro atoms. The van der Waals surface area contributed by atoms with Crippen molar-refractivity contribution in [2.24, 2.45) is 5.92 Å². The predicted molar refractivity (Wildman–Crippen MR) is 96.4 cm³/mol. The molecule has 25 heavy (non-hydrogen) atoms. The van der Waals surface area contributed by atoms with Crippen LogP contribution in [0.3, 0.4) is 0 Å². The largest absolute Gasteiger partial charge is 0.332 e. The lowest BCUT2D eigenvalue weighted by Crippen LogP contribution is -2.29. The van der Waals surface area contributed by atoms with E-state index in [0.29, 0.717) is 12.6 Å². The maximum Gasteiger partial charge on any atom is 0.319 e. The first-order valence-electron chi connectivity index (χ1n) is 9.25. The van der Waals surface area contributed by atoms with E-state index < -0.39 is 0 Å². The van der Waals surface area contributed by atoms with Gasteiger partial charge in [-0.1, -0.05) is 0 Å². The van der Waals surface area contributed by atoms with Crippen molar-refractivity contribution in [3.63, 3.8) is 0 Å². The van der Waals surface area contributed by atoms with E-state index in [9.17, 15) is 4.79 Å².